The SMILES string of the molecule is CC(C)CC(CN)CC(=O)c1cccnc1. The Morgan fingerprint density at radius 3 is 2.75 bits per heavy atom. The molecule has 2 N–H and O–H groups in total. The highest BCUT2D eigenvalue weighted by atomic mass is 16.1. The lowest BCUT2D eigenvalue weighted by molar-refractivity contribution is 0.0957. The van der Waals surface area contributed by atoms with E-state index in [-0.39, 0.29) is 11.7 Å². The minimum absolute atomic E-state index is 0.143. The zero-order valence-corrected chi connectivity index (χ0v) is 10.0. The first-order valence-electron chi connectivity index (χ1n) is 5.76. The average molecular weight is 220 g/mol. The Labute approximate surface area is 97.1 Å². The molecule has 0 aromatic carbocycles. The van der Waals surface area contributed by atoms with Crippen LogP contribution in [-0.4, -0.2) is 17.3 Å². The zero-order chi connectivity index (χ0) is 12.0. The van der Waals surface area contributed by atoms with E-state index in [4.69, 9.17) is 5.73 Å². The number of nitrogens with zero attached hydrogens (tertiary/aromatic N) is 1. The van der Waals surface area contributed by atoms with Gasteiger partial charge in [-0.2, -0.15) is 0 Å². The molecule has 1 atom stereocenters. The summed E-state index contributed by atoms with van der Waals surface area (Å²) in [7, 11) is 0. The molecule has 1 unspecified atom stereocenters. The Morgan fingerprint density at radius 1 is 1.50 bits per heavy atom. The van der Waals surface area contributed by atoms with Crippen LogP contribution in [0.4, 0.5) is 0 Å². The van der Waals surface area contributed by atoms with Crippen molar-refractivity contribution < 1.29 is 4.79 Å². The van der Waals surface area contributed by atoms with E-state index in [0.29, 0.717) is 24.4 Å². The van der Waals surface area contributed by atoms with E-state index in [9.17, 15) is 4.79 Å². The highest BCUT2D eigenvalue weighted by Gasteiger charge is 2.15. The molecular weight excluding hydrogens is 200 g/mol. The van der Waals surface area contributed by atoms with Gasteiger partial charge in [0.25, 0.3) is 0 Å². The van der Waals surface area contributed by atoms with Crippen LogP contribution in [0.15, 0.2) is 24.5 Å². The molecule has 0 aliphatic carbocycles. The smallest absolute Gasteiger partial charge is 0.164 e. The van der Waals surface area contributed by atoms with Gasteiger partial charge in [-0.05, 0) is 36.9 Å². The van der Waals surface area contributed by atoms with E-state index >= 15 is 0 Å². The van der Waals surface area contributed by atoms with Crippen LogP contribution in [0, 0.1) is 11.8 Å². The Hall–Kier alpha value is -1.22. The number of Topliss-reactive ketones (excluding diaryl/α,β-unsaturated/α-hetero) is 1. The monoisotopic (exact) mass is 220 g/mol. The van der Waals surface area contributed by atoms with Gasteiger partial charge < -0.3 is 5.73 Å². The van der Waals surface area contributed by atoms with E-state index < -0.39 is 0 Å². The molecule has 3 nitrogen and oxygen atoms in total. The van der Waals surface area contributed by atoms with E-state index in [2.05, 4.69) is 18.8 Å². The molecule has 0 fully saturated rings. The number of hydrogen-bond donors (Lipinski definition) is 1. The third-order valence-electron chi connectivity index (χ3n) is 2.60. The second kappa shape index (κ2) is 6.38. The van der Waals surface area contributed by atoms with Gasteiger partial charge in [-0.15, -0.1) is 0 Å². The van der Waals surface area contributed by atoms with Crippen molar-refractivity contribution in [1.82, 2.24) is 4.98 Å². The van der Waals surface area contributed by atoms with E-state index in [1.165, 1.54) is 0 Å². The lowest BCUT2D eigenvalue weighted by atomic mass is 9.91. The molecule has 1 heterocycles. The first-order valence-corrected chi connectivity index (χ1v) is 5.76. The highest BCUT2D eigenvalue weighted by Crippen LogP contribution is 2.16. The van der Waals surface area contributed by atoms with Crippen molar-refractivity contribution in [2.75, 3.05) is 6.54 Å². The molecular formula is C13H20N2O. The second-order valence-corrected chi connectivity index (χ2v) is 4.60. The van der Waals surface area contributed by atoms with Gasteiger partial charge >= 0.3 is 0 Å². The quantitative estimate of drug-likeness (QED) is 0.748. The van der Waals surface area contributed by atoms with Crippen molar-refractivity contribution in [3.63, 3.8) is 0 Å². The van der Waals surface area contributed by atoms with Crippen molar-refractivity contribution in [2.24, 2.45) is 17.6 Å². The number of nitrogens with two attached hydrogens (primary N) is 1. The molecule has 1 aromatic rings. The minimum atomic E-state index is 0.143. The summed E-state index contributed by atoms with van der Waals surface area (Å²) in [6, 6.07) is 3.59. The number of aromatic nitrogens is 1. The molecule has 0 radical (unpaired) electrons. The summed E-state index contributed by atoms with van der Waals surface area (Å²) in [6.07, 6.45) is 4.82. The molecule has 16 heavy (non-hydrogen) atoms. The van der Waals surface area contributed by atoms with Crippen molar-refractivity contribution in [3.8, 4) is 0 Å². The largest absolute Gasteiger partial charge is 0.330 e. The first-order chi connectivity index (χ1) is 7.63. The molecule has 1 rings (SSSR count). The maximum atomic E-state index is 11.9. The maximum absolute atomic E-state index is 11.9. The van der Waals surface area contributed by atoms with Gasteiger partial charge in [0, 0.05) is 24.4 Å². The normalized spacial score (nSPS) is 12.8. The summed E-state index contributed by atoms with van der Waals surface area (Å²) in [6.45, 7) is 4.87. The van der Waals surface area contributed by atoms with Gasteiger partial charge in [0.15, 0.2) is 5.78 Å². The molecule has 88 valence electrons. The van der Waals surface area contributed by atoms with Crippen LogP contribution >= 0.6 is 0 Å². The van der Waals surface area contributed by atoms with Crippen LogP contribution in [0.2, 0.25) is 0 Å². The number of carbonyl (C=O) groups excluding carboxylic acids is 1. The fourth-order valence-electron chi connectivity index (χ4n) is 1.84. The molecule has 3 heteroatoms. The average Bonchev–Trinajstić information content (AvgIpc) is 2.28. The van der Waals surface area contributed by atoms with E-state index in [1.54, 1.807) is 24.5 Å². The van der Waals surface area contributed by atoms with Crippen LogP contribution in [0.1, 0.15) is 37.0 Å². The van der Waals surface area contributed by atoms with Gasteiger partial charge in [-0.3, -0.25) is 9.78 Å². The number of rotatable bonds is 6. The predicted octanol–water partition coefficient (Wildman–Crippen LogP) is 2.28. The summed E-state index contributed by atoms with van der Waals surface area (Å²) < 4.78 is 0. The molecule has 0 aliphatic heterocycles. The van der Waals surface area contributed by atoms with Gasteiger partial charge in [0.1, 0.15) is 0 Å². The molecule has 0 aliphatic rings. The van der Waals surface area contributed by atoms with E-state index in [0.717, 1.165) is 6.42 Å². The van der Waals surface area contributed by atoms with Crippen LogP contribution in [0.3, 0.4) is 0 Å². The third-order valence-corrected chi connectivity index (χ3v) is 2.60. The number of carbonyl (C=O) groups is 1. The summed E-state index contributed by atoms with van der Waals surface area (Å²) in [5.74, 6) is 1.01. The highest BCUT2D eigenvalue weighted by molar-refractivity contribution is 5.95. The lowest BCUT2D eigenvalue weighted by Gasteiger charge is -2.15. The van der Waals surface area contributed by atoms with Gasteiger partial charge in [0.2, 0.25) is 0 Å². The van der Waals surface area contributed by atoms with Crippen molar-refractivity contribution >= 4 is 5.78 Å². The molecule has 1 aromatic heterocycles. The van der Waals surface area contributed by atoms with Crippen molar-refractivity contribution in [1.29, 1.82) is 0 Å². The fraction of sp³-hybridized carbons (Fsp3) is 0.538. The van der Waals surface area contributed by atoms with Gasteiger partial charge in [0.05, 0.1) is 0 Å². The standard InChI is InChI=1S/C13H20N2O/c1-10(2)6-11(8-14)7-13(16)12-4-3-5-15-9-12/h3-5,9-11H,6-8,14H2,1-2H3. The van der Waals surface area contributed by atoms with Gasteiger partial charge in [-0.25, -0.2) is 0 Å². The minimum Gasteiger partial charge on any atom is -0.330 e. The first kappa shape index (κ1) is 12.8. The topological polar surface area (TPSA) is 56.0 Å². The number of ketones is 1. The molecule has 0 amide bonds. The second-order valence-electron chi connectivity index (χ2n) is 4.60. The Bertz CT molecular complexity index is 322. The van der Waals surface area contributed by atoms with E-state index in [1.807, 2.05) is 0 Å². The lowest BCUT2D eigenvalue weighted by Crippen LogP contribution is -2.20. The molecule has 0 spiro atoms. The zero-order valence-electron chi connectivity index (χ0n) is 10.0. The van der Waals surface area contributed by atoms with Crippen LogP contribution < -0.4 is 5.73 Å². The Morgan fingerprint density at radius 2 is 2.25 bits per heavy atom. The van der Waals surface area contributed by atoms with Crippen LogP contribution in [0.25, 0.3) is 0 Å². The van der Waals surface area contributed by atoms with Crippen LogP contribution in [-0.2, 0) is 0 Å². The summed E-state index contributed by atoms with van der Waals surface area (Å²) in [4.78, 5) is 15.8. The van der Waals surface area contributed by atoms with Crippen molar-refractivity contribution in [3.05, 3.63) is 30.1 Å². The summed E-state index contributed by atoms with van der Waals surface area (Å²) in [5, 5.41) is 0. The summed E-state index contributed by atoms with van der Waals surface area (Å²) in [5.41, 5.74) is 6.36. The van der Waals surface area contributed by atoms with Crippen LogP contribution in [0.5, 0.6) is 0 Å². The van der Waals surface area contributed by atoms with Crippen molar-refractivity contribution in [2.45, 2.75) is 26.7 Å². The van der Waals surface area contributed by atoms with Gasteiger partial charge in [-0.1, -0.05) is 13.8 Å². The molecule has 0 saturated heterocycles. The summed E-state index contributed by atoms with van der Waals surface area (Å²) >= 11 is 0. The Balaban J connectivity index is 2.56. The number of pyridine rings is 1. The molecule has 0 bridgehead atoms. The predicted molar refractivity (Wildman–Crippen MR) is 65.2 cm³/mol. The fourth-order valence-corrected chi connectivity index (χ4v) is 1.84. The third kappa shape index (κ3) is 4.11. The Kier molecular flexibility index (Phi) is 5.12. The maximum Gasteiger partial charge on any atom is 0.164 e. The molecule has 0 saturated carbocycles. The number of hydrogen-bond acceptors (Lipinski definition) is 3.